The van der Waals surface area contributed by atoms with E-state index in [1.54, 1.807) is 0 Å². The van der Waals surface area contributed by atoms with Crippen molar-refractivity contribution in [1.82, 2.24) is 25.6 Å². The van der Waals surface area contributed by atoms with Gasteiger partial charge in [0.15, 0.2) is 10.9 Å². The van der Waals surface area contributed by atoms with E-state index in [0.29, 0.717) is 6.54 Å². The van der Waals surface area contributed by atoms with Crippen molar-refractivity contribution in [3.63, 3.8) is 0 Å². The minimum Gasteiger partial charge on any atom is -0.359 e. The highest BCUT2D eigenvalue weighted by Crippen LogP contribution is 2.17. The zero-order valence-electron chi connectivity index (χ0n) is 11.8. The van der Waals surface area contributed by atoms with Crippen molar-refractivity contribution in [2.24, 2.45) is 0 Å². The van der Waals surface area contributed by atoms with Crippen LogP contribution < -0.4 is 5.43 Å². The van der Waals surface area contributed by atoms with Crippen molar-refractivity contribution in [1.29, 1.82) is 0 Å². The van der Waals surface area contributed by atoms with E-state index in [9.17, 15) is 0 Å². The predicted octanol–water partition coefficient (Wildman–Crippen LogP) is 2.37. The number of thioether (sulfide) groups is 1. The number of hydrazine groups is 1. The zero-order chi connectivity index (χ0) is 14.7. The number of nitrogens with zero attached hydrogens (tertiary/aromatic N) is 4. The highest BCUT2D eigenvalue weighted by atomic mass is 32.2. The van der Waals surface area contributed by atoms with Crippen molar-refractivity contribution in [3.05, 3.63) is 53.8 Å². The van der Waals surface area contributed by atoms with Crippen LogP contribution in [0.2, 0.25) is 0 Å². The fourth-order valence-corrected chi connectivity index (χ4v) is 2.26. The van der Waals surface area contributed by atoms with Gasteiger partial charge in [0, 0.05) is 30.2 Å². The van der Waals surface area contributed by atoms with E-state index in [1.807, 2.05) is 55.0 Å². The minimum absolute atomic E-state index is 0.596. The first-order valence-electron chi connectivity index (χ1n) is 6.45. The normalized spacial score (nSPS) is 14.0. The fraction of sp³-hybridized carbons (Fsp3) is 0.214. The minimum atomic E-state index is 0.596. The second-order valence-electron chi connectivity index (χ2n) is 4.55. The van der Waals surface area contributed by atoms with Crippen LogP contribution in [0.1, 0.15) is 17.0 Å². The van der Waals surface area contributed by atoms with Gasteiger partial charge >= 0.3 is 0 Å². The molecular weight excluding hydrogens is 286 g/mol. The molecule has 0 atom stereocenters. The van der Waals surface area contributed by atoms with Crippen molar-refractivity contribution >= 4 is 17.5 Å². The summed E-state index contributed by atoms with van der Waals surface area (Å²) in [5.74, 6) is 0.805. The molecule has 0 aromatic carbocycles. The molecule has 2 aromatic heterocycles. The Balaban J connectivity index is 1.70. The molecule has 3 rings (SSSR count). The van der Waals surface area contributed by atoms with E-state index in [0.717, 1.165) is 27.9 Å². The first-order valence-corrected chi connectivity index (χ1v) is 7.67. The largest absolute Gasteiger partial charge is 0.359 e. The molecule has 0 radical (unpaired) electrons. The number of nitrogens with one attached hydrogen (secondary N) is 1. The van der Waals surface area contributed by atoms with Crippen LogP contribution in [-0.4, -0.2) is 26.4 Å². The van der Waals surface area contributed by atoms with Crippen LogP contribution in [0.3, 0.4) is 0 Å². The van der Waals surface area contributed by atoms with Gasteiger partial charge in [-0.25, -0.2) is 9.97 Å². The van der Waals surface area contributed by atoms with Gasteiger partial charge in [-0.05, 0) is 25.3 Å². The molecule has 0 saturated carbocycles. The molecule has 0 unspecified atom stereocenters. The van der Waals surface area contributed by atoms with Gasteiger partial charge in [0.25, 0.3) is 0 Å². The molecule has 1 N–H and O–H groups in total. The number of hydrogen-bond acceptors (Lipinski definition) is 7. The van der Waals surface area contributed by atoms with Crippen molar-refractivity contribution in [2.75, 3.05) is 6.26 Å². The molecule has 21 heavy (non-hydrogen) atoms. The summed E-state index contributed by atoms with van der Waals surface area (Å²) in [4.78, 5) is 8.57. The standard InChI is InChI=1S/C14H15N5OS/c1-10-6-12(20-18-10)9-19-5-3-4-13(17-19)11-7-15-14(21-2)16-8-11/h3-8,17H,9H2,1-2H3. The Hall–Kier alpha value is -2.28. The maximum Gasteiger partial charge on any atom is 0.187 e. The van der Waals surface area contributed by atoms with Crippen LogP contribution in [0, 0.1) is 6.92 Å². The highest BCUT2D eigenvalue weighted by molar-refractivity contribution is 7.98. The molecule has 0 saturated heterocycles. The molecule has 0 fully saturated rings. The molecule has 0 spiro atoms. The topological polar surface area (TPSA) is 67.1 Å². The summed E-state index contributed by atoms with van der Waals surface area (Å²) >= 11 is 1.52. The van der Waals surface area contributed by atoms with E-state index in [4.69, 9.17) is 4.52 Å². The molecule has 2 aromatic rings. The SMILES string of the molecule is CSc1ncc(C2=CC=CN(Cc3cc(C)no3)N2)cn1. The van der Waals surface area contributed by atoms with Gasteiger partial charge in [0.05, 0.1) is 17.9 Å². The van der Waals surface area contributed by atoms with Gasteiger partial charge in [-0.3, -0.25) is 10.4 Å². The van der Waals surface area contributed by atoms with Gasteiger partial charge in [-0.1, -0.05) is 16.9 Å². The average Bonchev–Trinajstić information content (AvgIpc) is 2.93. The summed E-state index contributed by atoms with van der Waals surface area (Å²) in [5, 5.41) is 6.58. The Morgan fingerprint density at radius 2 is 2.14 bits per heavy atom. The third-order valence-corrected chi connectivity index (χ3v) is 3.49. The Bertz CT molecular complexity index is 677. The van der Waals surface area contributed by atoms with Crippen molar-refractivity contribution in [3.8, 4) is 0 Å². The maximum absolute atomic E-state index is 5.23. The predicted molar refractivity (Wildman–Crippen MR) is 80.8 cm³/mol. The summed E-state index contributed by atoms with van der Waals surface area (Å²) in [6, 6.07) is 1.92. The summed E-state index contributed by atoms with van der Waals surface area (Å²) in [6.45, 7) is 2.50. The van der Waals surface area contributed by atoms with E-state index in [-0.39, 0.29) is 0 Å². The lowest BCUT2D eigenvalue weighted by Gasteiger charge is -2.25. The Morgan fingerprint density at radius 3 is 2.81 bits per heavy atom. The first kappa shape index (κ1) is 13.7. The van der Waals surface area contributed by atoms with E-state index in [1.165, 1.54) is 11.8 Å². The summed E-state index contributed by atoms with van der Waals surface area (Å²) in [7, 11) is 0. The lowest BCUT2D eigenvalue weighted by Crippen LogP contribution is -2.33. The van der Waals surface area contributed by atoms with Gasteiger partial charge in [-0.15, -0.1) is 0 Å². The molecule has 0 bridgehead atoms. The Kier molecular flexibility index (Phi) is 3.92. The molecule has 7 heteroatoms. The van der Waals surface area contributed by atoms with E-state index < -0.39 is 0 Å². The smallest absolute Gasteiger partial charge is 0.187 e. The third-order valence-electron chi connectivity index (χ3n) is 2.92. The molecule has 0 amide bonds. The fourth-order valence-electron chi connectivity index (χ4n) is 1.94. The molecule has 3 heterocycles. The molecular formula is C14H15N5OS. The summed E-state index contributed by atoms with van der Waals surface area (Å²) in [5.41, 5.74) is 6.06. The van der Waals surface area contributed by atoms with Gasteiger partial charge in [-0.2, -0.15) is 0 Å². The number of rotatable bonds is 4. The van der Waals surface area contributed by atoms with Crippen LogP contribution in [0.25, 0.3) is 5.70 Å². The van der Waals surface area contributed by atoms with E-state index in [2.05, 4.69) is 20.6 Å². The highest BCUT2D eigenvalue weighted by Gasteiger charge is 2.12. The van der Waals surface area contributed by atoms with Crippen LogP contribution in [0.4, 0.5) is 0 Å². The Labute approximate surface area is 126 Å². The average molecular weight is 301 g/mol. The second-order valence-corrected chi connectivity index (χ2v) is 5.33. The van der Waals surface area contributed by atoms with Crippen molar-refractivity contribution in [2.45, 2.75) is 18.6 Å². The quantitative estimate of drug-likeness (QED) is 0.687. The summed E-state index contributed by atoms with van der Waals surface area (Å²) in [6.07, 6.45) is 11.5. The van der Waals surface area contributed by atoms with Crippen LogP contribution in [0.15, 0.2) is 46.5 Å². The maximum atomic E-state index is 5.23. The van der Waals surface area contributed by atoms with Crippen LogP contribution in [-0.2, 0) is 6.54 Å². The third kappa shape index (κ3) is 3.25. The molecule has 6 nitrogen and oxygen atoms in total. The number of aromatic nitrogens is 3. The Morgan fingerprint density at radius 1 is 1.33 bits per heavy atom. The van der Waals surface area contributed by atoms with E-state index >= 15 is 0 Å². The van der Waals surface area contributed by atoms with Crippen LogP contribution >= 0.6 is 11.8 Å². The zero-order valence-corrected chi connectivity index (χ0v) is 12.6. The van der Waals surface area contributed by atoms with Crippen LogP contribution in [0.5, 0.6) is 0 Å². The summed E-state index contributed by atoms with van der Waals surface area (Å²) < 4.78 is 5.23. The monoisotopic (exact) mass is 301 g/mol. The lowest BCUT2D eigenvalue weighted by molar-refractivity contribution is 0.263. The van der Waals surface area contributed by atoms with Gasteiger partial charge < -0.3 is 4.52 Å². The van der Waals surface area contributed by atoms with Gasteiger partial charge in [0.1, 0.15) is 0 Å². The second kappa shape index (κ2) is 6.01. The number of aryl methyl sites for hydroxylation is 1. The molecule has 0 aliphatic carbocycles. The van der Waals surface area contributed by atoms with Gasteiger partial charge in [0.2, 0.25) is 0 Å². The lowest BCUT2D eigenvalue weighted by atomic mass is 10.2. The molecule has 108 valence electrons. The molecule has 1 aliphatic rings. The molecule has 1 aliphatic heterocycles. The number of allylic oxidation sites excluding steroid dienone is 2. The first-order chi connectivity index (χ1) is 10.2. The number of hydrogen-bond donors (Lipinski definition) is 1. The van der Waals surface area contributed by atoms with Crippen molar-refractivity contribution < 1.29 is 4.52 Å².